The molecule has 7 nitrogen and oxygen atoms in total. The van der Waals surface area contributed by atoms with Crippen molar-refractivity contribution >= 4 is 35.0 Å². The second-order valence-electron chi connectivity index (χ2n) is 10.4. The molecule has 1 unspecified atom stereocenters. The molecule has 0 bridgehead atoms. The molecule has 1 fully saturated rings. The number of hydrogen-bond donors (Lipinski definition) is 3. The van der Waals surface area contributed by atoms with Crippen LogP contribution in [-0.4, -0.2) is 38.6 Å². The molecule has 0 radical (unpaired) electrons. The van der Waals surface area contributed by atoms with E-state index in [9.17, 15) is 9.18 Å². The van der Waals surface area contributed by atoms with E-state index in [4.69, 9.17) is 9.47 Å². The van der Waals surface area contributed by atoms with Gasteiger partial charge in [-0.25, -0.2) is 9.18 Å². The lowest BCUT2D eigenvalue weighted by Gasteiger charge is -2.18. The lowest BCUT2D eigenvalue weighted by Crippen LogP contribution is -2.36. The Labute approximate surface area is 233 Å². The molecule has 3 N–H and O–H groups in total. The van der Waals surface area contributed by atoms with Crippen LogP contribution in [0.2, 0.25) is 0 Å². The first kappa shape index (κ1) is 31.8. The maximum atomic E-state index is 15.0. The van der Waals surface area contributed by atoms with Gasteiger partial charge in [0.1, 0.15) is 18.2 Å². The number of halogens is 1. The Hall–Kier alpha value is -3.39. The van der Waals surface area contributed by atoms with E-state index in [1.807, 2.05) is 0 Å². The Kier molecular flexibility index (Phi) is 13.0. The van der Waals surface area contributed by atoms with Gasteiger partial charge < -0.3 is 25.4 Å². The van der Waals surface area contributed by atoms with Gasteiger partial charge in [-0.15, -0.1) is 0 Å². The zero-order chi connectivity index (χ0) is 28.8. The number of benzene rings is 2. The van der Waals surface area contributed by atoms with Crippen LogP contribution in [0.25, 0.3) is 5.70 Å². The monoisotopic (exact) mass is 540 g/mol. The third-order valence-electron chi connectivity index (χ3n) is 6.41. The maximum Gasteiger partial charge on any atom is 0.319 e. The first-order valence-electron chi connectivity index (χ1n) is 13.7. The van der Waals surface area contributed by atoms with Gasteiger partial charge in [-0.1, -0.05) is 47.1 Å². The number of nitrogens with zero attached hydrogens (tertiary/aromatic N) is 1. The molecule has 0 heterocycles. The summed E-state index contributed by atoms with van der Waals surface area (Å²) in [4.78, 5) is 16.6. The van der Waals surface area contributed by atoms with Crippen LogP contribution in [0, 0.1) is 11.2 Å². The highest BCUT2D eigenvalue weighted by Gasteiger charge is 2.31. The second kappa shape index (κ2) is 15.9. The van der Waals surface area contributed by atoms with E-state index in [-0.39, 0.29) is 23.1 Å². The molecule has 8 heteroatoms. The summed E-state index contributed by atoms with van der Waals surface area (Å²) >= 11 is 0. The van der Waals surface area contributed by atoms with Gasteiger partial charge >= 0.3 is 6.03 Å². The zero-order valence-electron chi connectivity index (χ0n) is 24.3. The number of methoxy groups -OCH3 is 1. The predicted octanol–water partition coefficient (Wildman–Crippen LogP) is 8.16. The normalized spacial score (nSPS) is 15.8. The van der Waals surface area contributed by atoms with Crippen molar-refractivity contribution in [1.82, 2.24) is 5.32 Å². The number of aliphatic imine (C=N–C) groups is 1. The largest absolute Gasteiger partial charge is 0.491 e. The summed E-state index contributed by atoms with van der Waals surface area (Å²) in [6.07, 6.45) is 7.30. The molecule has 0 saturated heterocycles. The van der Waals surface area contributed by atoms with Crippen molar-refractivity contribution in [3.8, 4) is 5.75 Å². The van der Waals surface area contributed by atoms with E-state index in [1.54, 1.807) is 50.6 Å². The summed E-state index contributed by atoms with van der Waals surface area (Å²) in [5.41, 5.74) is 2.65. The number of urea groups is 1. The molecule has 1 aliphatic rings. The first-order valence-corrected chi connectivity index (χ1v) is 13.7. The van der Waals surface area contributed by atoms with Gasteiger partial charge in [0.25, 0.3) is 0 Å². The molecule has 39 heavy (non-hydrogen) atoms. The maximum absolute atomic E-state index is 15.0. The summed E-state index contributed by atoms with van der Waals surface area (Å²) in [6, 6.07) is 10.1. The summed E-state index contributed by atoms with van der Waals surface area (Å²) in [5.74, 6) is -0.130. The molecular formula is C31H45FN4O3. The Morgan fingerprint density at radius 1 is 1.13 bits per heavy atom. The smallest absolute Gasteiger partial charge is 0.319 e. The Morgan fingerprint density at radius 2 is 1.77 bits per heavy atom. The highest BCUT2D eigenvalue weighted by atomic mass is 19.1. The lowest BCUT2D eigenvalue weighted by molar-refractivity contribution is 0.146. The van der Waals surface area contributed by atoms with Crippen LogP contribution in [0.5, 0.6) is 5.75 Å². The number of nitrogens with one attached hydrogen (secondary N) is 3. The number of unbranched alkanes of at least 4 members (excludes halogenated alkanes) is 1. The number of amides is 2. The molecule has 1 saturated carbocycles. The SMILES string of the molecule is C=C(Nc1ccc(NC(=O)NC2CCC(C)(C)C2)cc1)c1c(F)cc(OCCOC)cc1N=CC.CCCC. The molecule has 214 valence electrons. The van der Waals surface area contributed by atoms with Crippen molar-refractivity contribution in [2.45, 2.75) is 72.8 Å². The number of rotatable bonds is 11. The van der Waals surface area contributed by atoms with Crippen molar-refractivity contribution in [2.24, 2.45) is 10.4 Å². The molecule has 1 aliphatic carbocycles. The summed E-state index contributed by atoms with van der Waals surface area (Å²) in [7, 11) is 1.57. The van der Waals surface area contributed by atoms with Gasteiger partial charge in [0, 0.05) is 48.6 Å². The molecule has 0 aliphatic heterocycles. The third kappa shape index (κ3) is 10.7. The molecule has 2 amide bonds. The van der Waals surface area contributed by atoms with E-state index in [0.717, 1.165) is 19.3 Å². The second-order valence-corrected chi connectivity index (χ2v) is 10.4. The number of hydrogen-bond acceptors (Lipinski definition) is 5. The van der Waals surface area contributed by atoms with Crippen molar-refractivity contribution in [3.05, 3.63) is 54.4 Å². The number of ether oxygens (including phenoxy) is 2. The average Bonchev–Trinajstić information content (AvgIpc) is 3.23. The highest BCUT2D eigenvalue weighted by Crippen LogP contribution is 2.37. The fourth-order valence-corrected chi connectivity index (χ4v) is 4.22. The van der Waals surface area contributed by atoms with Crippen LogP contribution in [-0.2, 0) is 4.74 Å². The molecule has 0 aromatic heterocycles. The van der Waals surface area contributed by atoms with Crippen LogP contribution in [0.4, 0.5) is 26.2 Å². The summed E-state index contributed by atoms with van der Waals surface area (Å²) in [5, 5.41) is 9.03. The van der Waals surface area contributed by atoms with E-state index in [2.05, 4.69) is 55.2 Å². The van der Waals surface area contributed by atoms with Crippen molar-refractivity contribution in [3.63, 3.8) is 0 Å². The van der Waals surface area contributed by atoms with Gasteiger partial charge in [-0.05, 0) is 55.9 Å². The minimum Gasteiger partial charge on any atom is -0.491 e. The highest BCUT2D eigenvalue weighted by molar-refractivity contribution is 5.90. The molecule has 0 spiro atoms. The minimum absolute atomic E-state index is 0.195. The number of carbonyl (C=O) groups excluding carboxylic acids is 1. The van der Waals surface area contributed by atoms with Crippen LogP contribution in [0.15, 0.2) is 48.0 Å². The lowest BCUT2D eigenvalue weighted by atomic mass is 9.92. The standard InChI is InChI=1S/C27H35FN4O3.C4H10/c1-6-29-24-16-22(35-14-13-34-5)15-23(28)25(24)18(2)30-19-7-9-20(10-8-19)31-26(33)32-21-11-12-27(3,4)17-21;1-3-4-2/h6-10,15-16,21,30H,2,11-14,17H2,1,3-5H3,(H2,31,32,33);3-4H2,1-2H3. The molecule has 2 aromatic rings. The molecular weight excluding hydrogens is 495 g/mol. The quantitative estimate of drug-likeness (QED) is 0.198. The Balaban J connectivity index is 0.00000124. The third-order valence-corrected chi connectivity index (χ3v) is 6.41. The van der Waals surface area contributed by atoms with E-state index < -0.39 is 5.82 Å². The van der Waals surface area contributed by atoms with Crippen LogP contribution in [0.1, 0.15) is 72.3 Å². The Bertz CT molecular complexity index is 1100. The van der Waals surface area contributed by atoms with E-state index in [1.165, 1.54) is 18.9 Å². The van der Waals surface area contributed by atoms with Crippen molar-refractivity contribution < 1.29 is 18.7 Å². The van der Waals surface area contributed by atoms with Crippen molar-refractivity contribution in [1.29, 1.82) is 0 Å². The van der Waals surface area contributed by atoms with Crippen molar-refractivity contribution in [2.75, 3.05) is 31.0 Å². The van der Waals surface area contributed by atoms with Gasteiger partial charge in [0.15, 0.2) is 0 Å². The number of carbonyl (C=O) groups is 1. The fourth-order valence-electron chi connectivity index (χ4n) is 4.22. The van der Waals surface area contributed by atoms with E-state index in [0.29, 0.717) is 41.7 Å². The van der Waals surface area contributed by atoms with Crippen LogP contribution >= 0.6 is 0 Å². The molecule has 1 atom stereocenters. The average molecular weight is 541 g/mol. The first-order chi connectivity index (χ1) is 18.6. The number of anilines is 2. The molecule has 2 aromatic carbocycles. The summed E-state index contributed by atoms with van der Waals surface area (Å²) < 4.78 is 25.5. The zero-order valence-corrected chi connectivity index (χ0v) is 24.3. The predicted molar refractivity (Wildman–Crippen MR) is 161 cm³/mol. The van der Waals surface area contributed by atoms with Gasteiger partial charge in [-0.2, -0.15) is 0 Å². The molecule has 3 rings (SSSR count). The van der Waals surface area contributed by atoms with E-state index >= 15 is 0 Å². The topological polar surface area (TPSA) is 84.0 Å². The minimum atomic E-state index is -0.497. The van der Waals surface area contributed by atoms with Crippen LogP contribution < -0.4 is 20.7 Å². The van der Waals surface area contributed by atoms with Gasteiger partial charge in [0.05, 0.1) is 17.9 Å². The van der Waals surface area contributed by atoms with Gasteiger partial charge in [-0.3, -0.25) is 4.99 Å². The Morgan fingerprint density at radius 3 is 2.31 bits per heavy atom. The summed E-state index contributed by atoms with van der Waals surface area (Å²) in [6.45, 7) is 15.3. The fraction of sp³-hybridized carbons (Fsp3) is 0.484. The van der Waals surface area contributed by atoms with Gasteiger partial charge in [0.2, 0.25) is 0 Å². The van der Waals surface area contributed by atoms with Crippen LogP contribution in [0.3, 0.4) is 0 Å².